The summed E-state index contributed by atoms with van der Waals surface area (Å²) < 4.78 is 0. The summed E-state index contributed by atoms with van der Waals surface area (Å²) in [6.07, 6.45) is 3.77. The van der Waals surface area contributed by atoms with Gasteiger partial charge in [0.2, 0.25) is 11.8 Å². The molecule has 2 amide bonds. The molecule has 0 fully saturated rings. The van der Waals surface area contributed by atoms with Gasteiger partial charge in [0, 0.05) is 38.0 Å². The summed E-state index contributed by atoms with van der Waals surface area (Å²) in [5, 5.41) is 2.85. The van der Waals surface area contributed by atoms with Crippen LogP contribution in [0.2, 0.25) is 0 Å². The molecule has 22 heavy (non-hydrogen) atoms. The number of aromatic nitrogens is 1. The lowest BCUT2D eigenvalue weighted by Gasteiger charge is -2.35. The van der Waals surface area contributed by atoms with Gasteiger partial charge in [-0.15, -0.1) is 0 Å². The molecule has 0 bridgehead atoms. The molecule has 1 aromatic carbocycles. The van der Waals surface area contributed by atoms with Crippen molar-refractivity contribution in [1.29, 1.82) is 0 Å². The van der Waals surface area contributed by atoms with Crippen LogP contribution in [0.25, 0.3) is 0 Å². The number of fused-ring (bicyclic) bond motifs is 1. The van der Waals surface area contributed by atoms with E-state index < -0.39 is 6.04 Å². The third-order valence-electron chi connectivity index (χ3n) is 3.90. The van der Waals surface area contributed by atoms with Gasteiger partial charge in [-0.2, -0.15) is 0 Å². The predicted octanol–water partition coefficient (Wildman–Crippen LogP) is 1.99. The van der Waals surface area contributed by atoms with E-state index >= 15 is 0 Å². The fourth-order valence-electron chi connectivity index (χ4n) is 2.75. The van der Waals surface area contributed by atoms with Crippen molar-refractivity contribution in [2.24, 2.45) is 0 Å². The Hall–Kier alpha value is -2.69. The van der Waals surface area contributed by atoms with Gasteiger partial charge >= 0.3 is 0 Å². The van der Waals surface area contributed by atoms with Gasteiger partial charge in [0.05, 0.1) is 0 Å². The van der Waals surface area contributed by atoms with E-state index in [-0.39, 0.29) is 11.8 Å². The molecule has 0 saturated carbocycles. The van der Waals surface area contributed by atoms with E-state index in [4.69, 9.17) is 0 Å². The normalized spacial score (nSPS) is 16.8. The number of nitrogens with one attached hydrogen (secondary N) is 1. The summed E-state index contributed by atoms with van der Waals surface area (Å²) in [7, 11) is 0. The Balaban J connectivity index is 1.84. The number of rotatable bonds is 2. The fraction of sp³-hybridized carbons (Fsp3) is 0.235. The Morgan fingerprint density at radius 3 is 2.50 bits per heavy atom. The van der Waals surface area contributed by atoms with Gasteiger partial charge in [0.15, 0.2) is 0 Å². The molecule has 2 heterocycles. The molecular weight excluding hydrogens is 278 g/mol. The lowest BCUT2D eigenvalue weighted by molar-refractivity contribution is -0.138. The topological polar surface area (TPSA) is 62.3 Å². The highest BCUT2D eigenvalue weighted by Gasteiger charge is 2.32. The van der Waals surface area contributed by atoms with Crippen molar-refractivity contribution in [2.75, 3.05) is 5.32 Å². The predicted molar refractivity (Wildman–Crippen MR) is 83.0 cm³/mol. The van der Waals surface area contributed by atoms with Gasteiger partial charge in [-0.05, 0) is 23.3 Å². The van der Waals surface area contributed by atoms with Gasteiger partial charge in [-0.1, -0.05) is 24.3 Å². The first-order chi connectivity index (χ1) is 10.6. The highest BCUT2D eigenvalue weighted by Crippen LogP contribution is 2.24. The summed E-state index contributed by atoms with van der Waals surface area (Å²) in [5.41, 5.74) is 2.91. The molecule has 1 N–H and O–H groups in total. The monoisotopic (exact) mass is 295 g/mol. The van der Waals surface area contributed by atoms with Crippen molar-refractivity contribution in [3.63, 3.8) is 0 Å². The lowest BCUT2D eigenvalue weighted by atomic mass is 9.93. The van der Waals surface area contributed by atoms with Crippen molar-refractivity contribution in [1.82, 2.24) is 9.88 Å². The van der Waals surface area contributed by atoms with Gasteiger partial charge in [-0.3, -0.25) is 14.6 Å². The minimum Gasteiger partial charge on any atom is -0.326 e. The SMILES string of the molecule is CC(=O)N1Cc2ccccc2C[C@@H]1C(=O)Nc1ccncc1. The maximum atomic E-state index is 12.6. The van der Waals surface area contributed by atoms with Crippen molar-refractivity contribution in [3.05, 3.63) is 59.9 Å². The van der Waals surface area contributed by atoms with Crippen LogP contribution in [0.15, 0.2) is 48.8 Å². The molecule has 3 rings (SSSR count). The zero-order valence-corrected chi connectivity index (χ0v) is 12.3. The number of benzene rings is 1. The second-order valence-corrected chi connectivity index (χ2v) is 5.36. The van der Waals surface area contributed by atoms with E-state index in [1.807, 2.05) is 24.3 Å². The van der Waals surface area contributed by atoms with Gasteiger partial charge in [0.1, 0.15) is 6.04 Å². The molecule has 0 unspecified atom stereocenters. The third kappa shape index (κ3) is 2.83. The molecule has 1 aromatic heterocycles. The molecule has 2 aromatic rings. The maximum absolute atomic E-state index is 12.6. The lowest BCUT2D eigenvalue weighted by Crippen LogP contribution is -2.49. The van der Waals surface area contributed by atoms with Crippen LogP contribution in [0.5, 0.6) is 0 Å². The van der Waals surface area contributed by atoms with E-state index in [2.05, 4.69) is 10.3 Å². The van der Waals surface area contributed by atoms with Crippen LogP contribution >= 0.6 is 0 Å². The average Bonchev–Trinajstić information content (AvgIpc) is 2.54. The van der Waals surface area contributed by atoms with E-state index in [1.54, 1.807) is 29.4 Å². The molecule has 0 radical (unpaired) electrons. The van der Waals surface area contributed by atoms with Gasteiger partial charge in [-0.25, -0.2) is 0 Å². The van der Waals surface area contributed by atoms with Crippen LogP contribution < -0.4 is 5.32 Å². The average molecular weight is 295 g/mol. The highest BCUT2D eigenvalue weighted by atomic mass is 16.2. The Kier molecular flexibility index (Phi) is 3.87. The Bertz CT molecular complexity index is 700. The number of carbonyl (C=O) groups is 2. The molecule has 5 heteroatoms. The highest BCUT2D eigenvalue weighted by molar-refractivity contribution is 5.97. The Morgan fingerprint density at radius 1 is 1.14 bits per heavy atom. The summed E-state index contributed by atoms with van der Waals surface area (Å²) >= 11 is 0. The number of pyridine rings is 1. The minimum absolute atomic E-state index is 0.0932. The summed E-state index contributed by atoms with van der Waals surface area (Å²) in [6, 6.07) is 10.9. The number of anilines is 1. The Morgan fingerprint density at radius 2 is 1.82 bits per heavy atom. The first kappa shape index (κ1) is 14.3. The third-order valence-corrected chi connectivity index (χ3v) is 3.90. The first-order valence-corrected chi connectivity index (χ1v) is 7.20. The molecule has 5 nitrogen and oxygen atoms in total. The van der Waals surface area contributed by atoms with Crippen molar-refractivity contribution >= 4 is 17.5 Å². The maximum Gasteiger partial charge on any atom is 0.247 e. The van der Waals surface area contributed by atoms with Crippen LogP contribution in [0, 0.1) is 0 Å². The van der Waals surface area contributed by atoms with Crippen LogP contribution in [-0.4, -0.2) is 27.7 Å². The number of nitrogens with zero attached hydrogens (tertiary/aromatic N) is 2. The molecule has 0 saturated heterocycles. The zero-order chi connectivity index (χ0) is 15.5. The van der Waals surface area contributed by atoms with Crippen molar-refractivity contribution < 1.29 is 9.59 Å². The summed E-state index contributed by atoms with van der Waals surface area (Å²) in [5.74, 6) is -0.264. The zero-order valence-electron chi connectivity index (χ0n) is 12.3. The molecule has 112 valence electrons. The molecular formula is C17H17N3O2. The van der Waals surface area contributed by atoms with Crippen molar-refractivity contribution in [2.45, 2.75) is 25.9 Å². The van der Waals surface area contributed by atoms with Crippen LogP contribution in [0.1, 0.15) is 18.1 Å². The fourth-order valence-corrected chi connectivity index (χ4v) is 2.75. The van der Waals surface area contributed by atoms with E-state index in [0.717, 1.165) is 11.1 Å². The number of amides is 2. The quantitative estimate of drug-likeness (QED) is 0.921. The smallest absolute Gasteiger partial charge is 0.247 e. The second-order valence-electron chi connectivity index (χ2n) is 5.36. The minimum atomic E-state index is -0.486. The standard InChI is InChI=1S/C17H17N3O2/c1-12(21)20-11-14-5-3-2-4-13(14)10-16(20)17(22)19-15-6-8-18-9-7-15/h2-9,16H,10-11H2,1H3,(H,18,19,22)/t16-/m1/s1. The molecule has 0 aliphatic carbocycles. The number of hydrogen-bond donors (Lipinski definition) is 1. The molecule has 0 spiro atoms. The van der Waals surface area contributed by atoms with Crippen LogP contribution in [0.3, 0.4) is 0 Å². The molecule has 1 aliphatic heterocycles. The van der Waals surface area contributed by atoms with Crippen LogP contribution in [-0.2, 0) is 22.6 Å². The molecule has 1 atom stereocenters. The van der Waals surface area contributed by atoms with Crippen LogP contribution in [0.4, 0.5) is 5.69 Å². The molecule has 1 aliphatic rings. The second kappa shape index (κ2) is 5.97. The van der Waals surface area contributed by atoms with E-state index in [9.17, 15) is 9.59 Å². The van der Waals surface area contributed by atoms with Gasteiger partial charge < -0.3 is 10.2 Å². The number of carbonyl (C=O) groups excluding carboxylic acids is 2. The first-order valence-electron chi connectivity index (χ1n) is 7.20. The van der Waals surface area contributed by atoms with Gasteiger partial charge in [0.25, 0.3) is 0 Å². The van der Waals surface area contributed by atoms with E-state index in [1.165, 1.54) is 6.92 Å². The summed E-state index contributed by atoms with van der Waals surface area (Å²) in [4.78, 5) is 30.0. The summed E-state index contributed by atoms with van der Waals surface area (Å²) in [6.45, 7) is 1.97. The number of hydrogen-bond acceptors (Lipinski definition) is 3. The van der Waals surface area contributed by atoms with E-state index in [0.29, 0.717) is 18.7 Å². The largest absolute Gasteiger partial charge is 0.326 e. The Labute approximate surface area is 129 Å². The van der Waals surface area contributed by atoms with Crippen molar-refractivity contribution in [3.8, 4) is 0 Å².